The average Bonchev–Trinajstić information content (AvgIpc) is 2.38. The van der Waals surface area contributed by atoms with E-state index in [0.29, 0.717) is 12.5 Å². The molecule has 0 N–H and O–H groups in total. The van der Waals surface area contributed by atoms with Gasteiger partial charge in [0.05, 0.1) is 0 Å². The highest BCUT2D eigenvalue weighted by atomic mass is 32.2. The third kappa shape index (κ3) is 2.62. The van der Waals surface area contributed by atoms with E-state index < -0.39 is 10.0 Å². The molecule has 1 saturated heterocycles. The smallest absolute Gasteiger partial charge is 0.244 e. The Balaban J connectivity index is 2.41. The molecule has 0 amide bonds. The predicted octanol–water partition coefficient (Wildman–Crippen LogP) is 1.76. The lowest BCUT2D eigenvalue weighted by Crippen LogP contribution is -2.44. The van der Waals surface area contributed by atoms with Crippen molar-refractivity contribution in [3.8, 4) is 6.07 Å². The molecule has 1 aliphatic rings. The molecule has 2 heterocycles. The normalized spacial score (nSPS) is 24.9. The summed E-state index contributed by atoms with van der Waals surface area (Å²) in [6.07, 6.45) is 3.13. The van der Waals surface area contributed by atoms with Crippen LogP contribution in [0.3, 0.4) is 0 Å². The zero-order chi connectivity index (χ0) is 14.0. The Kier molecular flexibility index (Phi) is 3.88. The molecule has 2 unspecified atom stereocenters. The van der Waals surface area contributed by atoms with Crippen LogP contribution in [0.2, 0.25) is 0 Å². The first kappa shape index (κ1) is 14.0. The van der Waals surface area contributed by atoms with Gasteiger partial charge in [-0.25, -0.2) is 13.4 Å². The van der Waals surface area contributed by atoms with Gasteiger partial charge in [-0.05, 0) is 37.8 Å². The van der Waals surface area contributed by atoms with E-state index in [1.807, 2.05) is 13.0 Å². The fraction of sp³-hybridized carbons (Fsp3) is 0.538. The molecule has 5 nitrogen and oxygen atoms in total. The number of pyridine rings is 1. The van der Waals surface area contributed by atoms with Gasteiger partial charge in [0.15, 0.2) is 5.69 Å². The second-order valence-electron chi connectivity index (χ2n) is 5.06. The maximum Gasteiger partial charge on any atom is 0.246 e. The number of sulfonamides is 1. The van der Waals surface area contributed by atoms with Gasteiger partial charge in [-0.15, -0.1) is 0 Å². The number of aromatic nitrogens is 1. The summed E-state index contributed by atoms with van der Waals surface area (Å²) >= 11 is 0. The Labute approximate surface area is 113 Å². The van der Waals surface area contributed by atoms with Crippen molar-refractivity contribution in [1.29, 1.82) is 5.26 Å². The summed E-state index contributed by atoms with van der Waals surface area (Å²) < 4.78 is 26.7. The lowest BCUT2D eigenvalue weighted by Gasteiger charge is -2.35. The molecule has 0 aliphatic carbocycles. The van der Waals surface area contributed by atoms with Crippen LogP contribution in [-0.4, -0.2) is 30.3 Å². The van der Waals surface area contributed by atoms with Gasteiger partial charge in [0.2, 0.25) is 10.0 Å². The van der Waals surface area contributed by atoms with Crippen molar-refractivity contribution in [2.24, 2.45) is 5.92 Å². The largest absolute Gasteiger partial charge is 0.246 e. The lowest BCUT2D eigenvalue weighted by atomic mass is 9.95. The predicted molar refractivity (Wildman–Crippen MR) is 70.7 cm³/mol. The molecule has 2 atom stereocenters. The Morgan fingerprint density at radius 2 is 2.21 bits per heavy atom. The highest BCUT2D eigenvalue weighted by Crippen LogP contribution is 2.28. The summed E-state index contributed by atoms with van der Waals surface area (Å²) in [5, 5.41) is 8.99. The Hall–Kier alpha value is -1.45. The minimum Gasteiger partial charge on any atom is -0.244 e. The summed E-state index contributed by atoms with van der Waals surface area (Å²) in [6.45, 7) is 4.55. The van der Waals surface area contributed by atoms with E-state index in [1.54, 1.807) is 6.07 Å². The molecule has 6 heteroatoms. The third-order valence-corrected chi connectivity index (χ3v) is 5.59. The molecule has 1 aromatic rings. The van der Waals surface area contributed by atoms with Crippen LogP contribution in [0.5, 0.6) is 0 Å². The Bertz CT molecular complexity index is 607. The van der Waals surface area contributed by atoms with Crippen molar-refractivity contribution in [3.05, 3.63) is 24.0 Å². The number of rotatable bonds is 2. The van der Waals surface area contributed by atoms with Crippen LogP contribution >= 0.6 is 0 Å². The standard InChI is InChI=1S/C13H17N3O2S/c1-10-5-7-16(11(2)8-10)19(17,18)13-4-3-6-15-12(13)9-14/h3-4,6,10-11H,5,7-8H2,1-2H3. The van der Waals surface area contributed by atoms with Crippen molar-refractivity contribution >= 4 is 10.0 Å². The zero-order valence-electron chi connectivity index (χ0n) is 11.1. The summed E-state index contributed by atoms with van der Waals surface area (Å²) in [5.74, 6) is 0.533. The van der Waals surface area contributed by atoms with Crippen LogP contribution in [0.4, 0.5) is 0 Å². The number of piperidine rings is 1. The number of hydrogen-bond donors (Lipinski definition) is 0. The van der Waals surface area contributed by atoms with Crippen LogP contribution in [-0.2, 0) is 10.0 Å². The van der Waals surface area contributed by atoms with Gasteiger partial charge in [0.1, 0.15) is 11.0 Å². The maximum atomic E-state index is 12.6. The average molecular weight is 279 g/mol. The zero-order valence-corrected chi connectivity index (χ0v) is 11.9. The first-order valence-electron chi connectivity index (χ1n) is 6.33. The van der Waals surface area contributed by atoms with Crippen molar-refractivity contribution in [2.75, 3.05) is 6.54 Å². The van der Waals surface area contributed by atoms with E-state index in [-0.39, 0.29) is 16.6 Å². The van der Waals surface area contributed by atoms with Gasteiger partial charge in [-0.1, -0.05) is 6.92 Å². The number of hydrogen-bond acceptors (Lipinski definition) is 4. The first-order valence-corrected chi connectivity index (χ1v) is 7.77. The monoisotopic (exact) mass is 279 g/mol. The molecule has 0 saturated carbocycles. The number of nitriles is 1. The lowest BCUT2D eigenvalue weighted by molar-refractivity contribution is 0.220. The summed E-state index contributed by atoms with van der Waals surface area (Å²) in [5.41, 5.74) is -0.0340. The number of nitrogens with zero attached hydrogens (tertiary/aromatic N) is 3. The topological polar surface area (TPSA) is 74.1 Å². The molecule has 19 heavy (non-hydrogen) atoms. The van der Waals surface area contributed by atoms with E-state index in [0.717, 1.165) is 12.8 Å². The maximum absolute atomic E-state index is 12.6. The second kappa shape index (κ2) is 5.27. The molecule has 1 fully saturated rings. The molecule has 0 aromatic carbocycles. The van der Waals surface area contributed by atoms with Crippen LogP contribution < -0.4 is 0 Å². The highest BCUT2D eigenvalue weighted by Gasteiger charge is 2.34. The summed E-state index contributed by atoms with van der Waals surface area (Å²) in [6, 6.07) is 4.80. The quantitative estimate of drug-likeness (QED) is 0.826. The van der Waals surface area contributed by atoms with Crippen LogP contribution in [0.15, 0.2) is 23.2 Å². The Morgan fingerprint density at radius 3 is 2.84 bits per heavy atom. The van der Waals surface area contributed by atoms with Crippen molar-refractivity contribution in [3.63, 3.8) is 0 Å². The van der Waals surface area contributed by atoms with E-state index in [1.165, 1.54) is 16.6 Å². The fourth-order valence-corrected chi connectivity index (χ4v) is 4.30. The van der Waals surface area contributed by atoms with Crippen LogP contribution in [0.25, 0.3) is 0 Å². The Morgan fingerprint density at radius 1 is 1.47 bits per heavy atom. The van der Waals surface area contributed by atoms with Gasteiger partial charge >= 0.3 is 0 Å². The van der Waals surface area contributed by atoms with Crippen molar-refractivity contribution in [2.45, 2.75) is 37.6 Å². The summed E-state index contributed by atoms with van der Waals surface area (Å²) in [4.78, 5) is 3.84. The second-order valence-corrected chi connectivity index (χ2v) is 6.92. The van der Waals surface area contributed by atoms with Crippen molar-refractivity contribution in [1.82, 2.24) is 9.29 Å². The molecular weight excluding hydrogens is 262 g/mol. The minimum atomic E-state index is -3.63. The van der Waals surface area contributed by atoms with E-state index in [2.05, 4.69) is 11.9 Å². The molecule has 0 radical (unpaired) electrons. The van der Waals surface area contributed by atoms with Gasteiger partial charge in [-0.2, -0.15) is 9.57 Å². The molecule has 1 aromatic heterocycles. The van der Waals surface area contributed by atoms with Gasteiger partial charge in [-0.3, -0.25) is 0 Å². The van der Waals surface area contributed by atoms with Crippen LogP contribution in [0.1, 0.15) is 32.4 Å². The molecule has 2 rings (SSSR count). The summed E-state index contributed by atoms with van der Waals surface area (Å²) in [7, 11) is -3.63. The SMILES string of the molecule is CC1CCN(S(=O)(=O)c2cccnc2C#N)C(C)C1. The molecule has 0 bridgehead atoms. The molecular formula is C13H17N3O2S. The molecule has 1 aliphatic heterocycles. The molecule has 0 spiro atoms. The highest BCUT2D eigenvalue weighted by molar-refractivity contribution is 7.89. The van der Waals surface area contributed by atoms with E-state index >= 15 is 0 Å². The molecule has 102 valence electrons. The van der Waals surface area contributed by atoms with Gasteiger partial charge in [0.25, 0.3) is 0 Å². The van der Waals surface area contributed by atoms with Gasteiger partial charge < -0.3 is 0 Å². The van der Waals surface area contributed by atoms with E-state index in [4.69, 9.17) is 5.26 Å². The van der Waals surface area contributed by atoms with Gasteiger partial charge in [0, 0.05) is 18.8 Å². The fourth-order valence-electron chi connectivity index (χ4n) is 2.55. The van der Waals surface area contributed by atoms with E-state index in [9.17, 15) is 8.42 Å². The first-order chi connectivity index (χ1) is 8.96. The minimum absolute atomic E-state index is 0.0129. The third-order valence-electron chi connectivity index (χ3n) is 3.54. The van der Waals surface area contributed by atoms with Crippen molar-refractivity contribution < 1.29 is 8.42 Å². The van der Waals surface area contributed by atoms with Crippen LogP contribution in [0, 0.1) is 17.2 Å².